The van der Waals surface area contributed by atoms with E-state index in [-0.39, 0.29) is 18.0 Å². The molecule has 24 heavy (non-hydrogen) atoms. The lowest BCUT2D eigenvalue weighted by Crippen LogP contribution is -2.41. The van der Waals surface area contributed by atoms with Crippen molar-refractivity contribution >= 4 is 27.6 Å². The van der Waals surface area contributed by atoms with E-state index in [1.165, 1.54) is 29.6 Å². The second-order valence-corrected chi connectivity index (χ2v) is 6.90. The van der Waals surface area contributed by atoms with Gasteiger partial charge >= 0.3 is 6.03 Å². The SMILES string of the molecule is C=CCN(C)S(=O)(=O)c1ccc(NCC(=O)NC(=O)NCC)cc1. The lowest BCUT2D eigenvalue weighted by molar-refractivity contribution is -0.118. The number of nitrogens with one attached hydrogen (secondary N) is 3. The van der Waals surface area contributed by atoms with E-state index in [1.54, 1.807) is 19.1 Å². The molecule has 0 unspecified atom stereocenters. The zero-order valence-corrected chi connectivity index (χ0v) is 14.5. The van der Waals surface area contributed by atoms with Gasteiger partial charge < -0.3 is 10.6 Å². The number of rotatable bonds is 8. The molecule has 9 heteroatoms. The van der Waals surface area contributed by atoms with Crippen LogP contribution in [0, 0.1) is 0 Å². The van der Waals surface area contributed by atoms with Gasteiger partial charge in [-0.05, 0) is 31.2 Å². The normalized spacial score (nSPS) is 11.0. The highest BCUT2D eigenvalue weighted by Crippen LogP contribution is 2.17. The summed E-state index contributed by atoms with van der Waals surface area (Å²) in [5.74, 6) is -0.497. The molecule has 0 aliphatic rings. The van der Waals surface area contributed by atoms with Crippen LogP contribution in [0.5, 0.6) is 0 Å². The molecule has 0 saturated carbocycles. The Bertz CT molecular complexity index is 686. The van der Waals surface area contributed by atoms with Gasteiger partial charge in [-0.2, -0.15) is 4.31 Å². The van der Waals surface area contributed by atoms with Crippen molar-refractivity contribution in [1.82, 2.24) is 14.9 Å². The number of nitrogens with zero attached hydrogens (tertiary/aromatic N) is 1. The number of amides is 3. The maximum atomic E-state index is 12.2. The number of carbonyl (C=O) groups is 2. The lowest BCUT2D eigenvalue weighted by atomic mass is 10.3. The Balaban J connectivity index is 2.64. The van der Waals surface area contributed by atoms with E-state index in [2.05, 4.69) is 22.5 Å². The van der Waals surface area contributed by atoms with Crippen LogP contribution in [0.4, 0.5) is 10.5 Å². The van der Waals surface area contributed by atoms with E-state index in [0.29, 0.717) is 12.2 Å². The van der Waals surface area contributed by atoms with E-state index in [9.17, 15) is 18.0 Å². The molecule has 0 radical (unpaired) electrons. The summed E-state index contributed by atoms with van der Waals surface area (Å²) >= 11 is 0. The molecule has 0 aliphatic carbocycles. The van der Waals surface area contributed by atoms with Crippen molar-refractivity contribution < 1.29 is 18.0 Å². The van der Waals surface area contributed by atoms with Gasteiger partial charge in [0.1, 0.15) is 0 Å². The maximum Gasteiger partial charge on any atom is 0.321 e. The van der Waals surface area contributed by atoms with Crippen LogP contribution in [0.1, 0.15) is 6.92 Å². The minimum Gasteiger partial charge on any atom is -0.376 e. The summed E-state index contributed by atoms with van der Waals surface area (Å²) in [7, 11) is -2.10. The highest BCUT2D eigenvalue weighted by Gasteiger charge is 2.19. The summed E-state index contributed by atoms with van der Waals surface area (Å²) in [5, 5.41) is 7.40. The van der Waals surface area contributed by atoms with Gasteiger partial charge in [-0.25, -0.2) is 13.2 Å². The number of anilines is 1. The number of imide groups is 1. The minimum absolute atomic E-state index is 0.112. The average molecular weight is 354 g/mol. The van der Waals surface area contributed by atoms with Gasteiger partial charge in [-0.3, -0.25) is 10.1 Å². The Kier molecular flexibility index (Phi) is 7.40. The van der Waals surface area contributed by atoms with Gasteiger partial charge in [0.15, 0.2) is 0 Å². The molecular weight excluding hydrogens is 332 g/mol. The van der Waals surface area contributed by atoms with Gasteiger partial charge in [-0.15, -0.1) is 6.58 Å². The standard InChI is InChI=1S/C15H22N4O4S/c1-4-10-19(3)24(22,23)13-8-6-12(7-9-13)17-11-14(20)18-15(21)16-5-2/h4,6-9,17H,1,5,10-11H2,2-3H3,(H2,16,18,20,21). The average Bonchev–Trinajstić information content (AvgIpc) is 2.53. The van der Waals surface area contributed by atoms with E-state index in [0.717, 1.165) is 0 Å². The highest BCUT2D eigenvalue weighted by atomic mass is 32.2. The second kappa shape index (κ2) is 9.04. The van der Waals surface area contributed by atoms with Crippen LogP contribution in [0.3, 0.4) is 0 Å². The summed E-state index contributed by atoms with van der Waals surface area (Å²) < 4.78 is 25.6. The molecular formula is C15H22N4O4S. The first-order valence-electron chi connectivity index (χ1n) is 7.30. The third-order valence-electron chi connectivity index (χ3n) is 2.99. The molecule has 0 fully saturated rings. The van der Waals surface area contributed by atoms with Crippen molar-refractivity contribution in [3.05, 3.63) is 36.9 Å². The summed E-state index contributed by atoms with van der Waals surface area (Å²) in [4.78, 5) is 22.9. The fraction of sp³-hybridized carbons (Fsp3) is 0.333. The monoisotopic (exact) mass is 354 g/mol. The van der Waals surface area contributed by atoms with Crippen LogP contribution in [0.2, 0.25) is 0 Å². The molecule has 0 aromatic heterocycles. The van der Waals surface area contributed by atoms with Crippen molar-refractivity contribution in [1.29, 1.82) is 0 Å². The van der Waals surface area contributed by atoms with Gasteiger partial charge in [0.05, 0.1) is 11.4 Å². The number of benzene rings is 1. The quantitative estimate of drug-likeness (QED) is 0.597. The lowest BCUT2D eigenvalue weighted by Gasteiger charge is -2.15. The molecule has 1 aromatic carbocycles. The number of urea groups is 1. The fourth-order valence-corrected chi connectivity index (χ4v) is 2.90. The number of hydrogen-bond acceptors (Lipinski definition) is 5. The summed E-state index contributed by atoms with van der Waals surface area (Å²) in [6.45, 7) is 5.77. The molecule has 0 heterocycles. The number of carbonyl (C=O) groups excluding carboxylic acids is 2. The van der Waals surface area contributed by atoms with Gasteiger partial charge in [0, 0.05) is 25.8 Å². The van der Waals surface area contributed by atoms with E-state index in [4.69, 9.17) is 0 Å². The van der Waals surface area contributed by atoms with E-state index >= 15 is 0 Å². The molecule has 132 valence electrons. The fourth-order valence-electron chi connectivity index (χ4n) is 1.76. The molecule has 0 saturated heterocycles. The molecule has 1 aromatic rings. The predicted octanol–water partition coefficient (Wildman–Crippen LogP) is 0.751. The van der Waals surface area contributed by atoms with Crippen molar-refractivity contribution in [2.24, 2.45) is 0 Å². The van der Waals surface area contributed by atoms with Gasteiger partial charge in [0.25, 0.3) is 0 Å². The number of hydrogen-bond donors (Lipinski definition) is 3. The Morgan fingerprint density at radius 1 is 1.25 bits per heavy atom. The van der Waals surface area contributed by atoms with Crippen LogP contribution in [0.25, 0.3) is 0 Å². The largest absolute Gasteiger partial charge is 0.376 e. The zero-order chi connectivity index (χ0) is 18.2. The summed E-state index contributed by atoms with van der Waals surface area (Å²) in [5.41, 5.74) is 0.561. The molecule has 1 rings (SSSR count). The van der Waals surface area contributed by atoms with Crippen molar-refractivity contribution in [3.8, 4) is 0 Å². The molecule has 3 amide bonds. The molecule has 0 spiro atoms. The highest BCUT2D eigenvalue weighted by molar-refractivity contribution is 7.89. The number of likely N-dealkylation sites (N-methyl/N-ethyl adjacent to an activating group) is 1. The van der Waals surface area contributed by atoms with Gasteiger partial charge in [-0.1, -0.05) is 6.08 Å². The third-order valence-corrected chi connectivity index (χ3v) is 4.83. The first kappa shape index (κ1) is 19.7. The Morgan fingerprint density at radius 3 is 2.42 bits per heavy atom. The minimum atomic E-state index is -3.57. The summed E-state index contributed by atoms with van der Waals surface area (Å²) in [6.07, 6.45) is 1.50. The molecule has 8 nitrogen and oxygen atoms in total. The molecule has 0 atom stereocenters. The van der Waals surface area contributed by atoms with Crippen molar-refractivity contribution in [2.45, 2.75) is 11.8 Å². The first-order chi connectivity index (χ1) is 11.3. The topological polar surface area (TPSA) is 108 Å². The molecule has 0 aliphatic heterocycles. The van der Waals surface area contributed by atoms with Gasteiger partial charge in [0.2, 0.25) is 15.9 Å². The smallest absolute Gasteiger partial charge is 0.321 e. The van der Waals surface area contributed by atoms with Crippen LogP contribution in [0.15, 0.2) is 41.8 Å². The van der Waals surface area contributed by atoms with E-state index in [1.807, 2.05) is 0 Å². The first-order valence-corrected chi connectivity index (χ1v) is 8.74. The Labute approximate surface area is 142 Å². The van der Waals surface area contributed by atoms with Crippen LogP contribution >= 0.6 is 0 Å². The predicted molar refractivity (Wildman–Crippen MR) is 92.2 cm³/mol. The van der Waals surface area contributed by atoms with E-state index < -0.39 is 22.0 Å². The van der Waals surface area contributed by atoms with Crippen LogP contribution in [-0.2, 0) is 14.8 Å². The Hall–Kier alpha value is -2.39. The zero-order valence-electron chi connectivity index (χ0n) is 13.7. The van der Waals surface area contributed by atoms with Crippen molar-refractivity contribution in [2.75, 3.05) is 32.0 Å². The summed E-state index contributed by atoms with van der Waals surface area (Å²) in [6, 6.07) is 5.43. The van der Waals surface area contributed by atoms with Crippen LogP contribution in [-0.4, -0.2) is 51.3 Å². The third kappa shape index (κ3) is 5.67. The number of sulfonamides is 1. The molecule has 0 bridgehead atoms. The van der Waals surface area contributed by atoms with Crippen molar-refractivity contribution in [3.63, 3.8) is 0 Å². The van der Waals surface area contributed by atoms with Crippen LogP contribution < -0.4 is 16.0 Å². The Morgan fingerprint density at radius 2 is 1.88 bits per heavy atom. The molecule has 3 N–H and O–H groups in total. The maximum absolute atomic E-state index is 12.2. The second-order valence-electron chi connectivity index (χ2n) is 4.86.